The predicted molar refractivity (Wildman–Crippen MR) is 94.7 cm³/mol. The number of piperidine rings is 1. The Morgan fingerprint density at radius 3 is 2.73 bits per heavy atom. The van der Waals surface area contributed by atoms with Gasteiger partial charge >= 0.3 is 0 Å². The Labute approximate surface area is 142 Å². The molecule has 0 spiro atoms. The molecule has 1 aliphatic heterocycles. The van der Waals surface area contributed by atoms with E-state index >= 15 is 0 Å². The largest absolute Gasteiger partial charge is 0.352 e. The van der Waals surface area contributed by atoms with Crippen molar-refractivity contribution in [1.29, 1.82) is 0 Å². The van der Waals surface area contributed by atoms with E-state index in [0.717, 1.165) is 30.8 Å². The van der Waals surface area contributed by atoms with Gasteiger partial charge in [0.25, 0.3) is 0 Å². The van der Waals surface area contributed by atoms with Crippen molar-refractivity contribution in [3.63, 3.8) is 0 Å². The summed E-state index contributed by atoms with van der Waals surface area (Å²) in [4.78, 5) is 15.8. The molecule has 1 saturated heterocycles. The van der Waals surface area contributed by atoms with Crippen LogP contribution in [0.5, 0.6) is 0 Å². The van der Waals surface area contributed by atoms with E-state index in [-0.39, 0.29) is 11.2 Å². The van der Waals surface area contributed by atoms with E-state index in [4.69, 9.17) is 11.6 Å². The molecule has 1 aromatic rings. The number of carbonyl (C=O) groups excluding carboxylic acids is 1. The molecule has 0 aromatic heterocycles. The molecule has 122 valence electrons. The van der Waals surface area contributed by atoms with Gasteiger partial charge < -0.3 is 10.2 Å². The molecule has 1 aliphatic rings. The molecule has 22 heavy (non-hydrogen) atoms. The van der Waals surface area contributed by atoms with Crippen molar-refractivity contribution in [2.45, 2.75) is 49.3 Å². The number of likely N-dealkylation sites (tertiary alicyclic amines) is 1. The number of nitrogens with zero attached hydrogens (tertiary/aromatic N) is 1. The van der Waals surface area contributed by atoms with Crippen LogP contribution >= 0.6 is 23.4 Å². The second-order valence-corrected chi connectivity index (χ2v) is 7.60. The molecule has 1 unspecified atom stereocenters. The Morgan fingerprint density at radius 2 is 2.09 bits per heavy atom. The average molecular weight is 341 g/mol. The minimum Gasteiger partial charge on any atom is -0.352 e. The normalized spacial score (nSPS) is 18.1. The van der Waals surface area contributed by atoms with Gasteiger partial charge in [-0.25, -0.2) is 0 Å². The van der Waals surface area contributed by atoms with Crippen LogP contribution in [0, 0.1) is 0 Å². The van der Waals surface area contributed by atoms with Crippen LogP contribution in [0.4, 0.5) is 0 Å². The number of carbonyl (C=O) groups is 1. The first-order valence-electron chi connectivity index (χ1n) is 8.04. The molecule has 1 aromatic carbocycles. The Balaban J connectivity index is 1.79. The lowest BCUT2D eigenvalue weighted by Gasteiger charge is -2.32. The summed E-state index contributed by atoms with van der Waals surface area (Å²) in [5.41, 5.74) is 0. The number of rotatable bonds is 6. The molecule has 2 rings (SSSR count). The van der Waals surface area contributed by atoms with E-state index in [1.807, 2.05) is 31.2 Å². The van der Waals surface area contributed by atoms with Crippen molar-refractivity contribution in [1.82, 2.24) is 10.2 Å². The number of amides is 1. The topological polar surface area (TPSA) is 32.3 Å². The summed E-state index contributed by atoms with van der Waals surface area (Å²) in [6.07, 6.45) is 3.30. The number of hydrogen-bond donors (Lipinski definition) is 1. The Morgan fingerprint density at radius 1 is 1.41 bits per heavy atom. The minimum atomic E-state index is -0.131. The maximum atomic E-state index is 12.3. The fraction of sp³-hybridized carbons (Fsp3) is 0.588. The first kappa shape index (κ1) is 17.6. The Bertz CT molecular complexity index is 489. The highest BCUT2D eigenvalue weighted by atomic mass is 35.5. The fourth-order valence-electron chi connectivity index (χ4n) is 2.72. The minimum absolute atomic E-state index is 0.110. The van der Waals surface area contributed by atoms with Gasteiger partial charge in [-0.05, 0) is 44.9 Å². The molecule has 0 radical (unpaired) electrons. The summed E-state index contributed by atoms with van der Waals surface area (Å²) in [5, 5.41) is 3.77. The molecule has 0 aliphatic carbocycles. The van der Waals surface area contributed by atoms with Gasteiger partial charge in [0.15, 0.2) is 0 Å². The van der Waals surface area contributed by atoms with Crippen molar-refractivity contribution in [2.24, 2.45) is 0 Å². The molecular weight excluding hydrogens is 316 g/mol. The second kappa shape index (κ2) is 8.80. The molecule has 1 N–H and O–H groups in total. The van der Waals surface area contributed by atoms with Crippen molar-refractivity contribution in [3.05, 3.63) is 29.3 Å². The van der Waals surface area contributed by atoms with E-state index in [2.05, 4.69) is 17.1 Å². The fourth-order valence-corrected chi connectivity index (χ4v) is 3.88. The van der Waals surface area contributed by atoms with Gasteiger partial charge in [0.05, 0.1) is 10.3 Å². The van der Waals surface area contributed by atoms with Crippen molar-refractivity contribution in [3.8, 4) is 0 Å². The number of thioether (sulfide) groups is 1. The number of hydrogen-bond acceptors (Lipinski definition) is 3. The second-order valence-electron chi connectivity index (χ2n) is 5.82. The smallest absolute Gasteiger partial charge is 0.233 e. The monoisotopic (exact) mass is 340 g/mol. The van der Waals surface area contributed by atoms with Crippen molar-refractivity contribution < 1.29 is 4.79 Å². The van der Waals surface area contributed by atoms with E-state index in [0.29, 0.717) is 11.1 Å². The Kier molecular flexibility index (Phi) is 7.06. The van der Waals surface area contributed by atoms with Gasteiger partial charge in [0.1, 0.15) is 0 Å². The molecule has 1 amide bonds. The van der Waals surface area contributed by atoms with Crippen LogP contribution in [-0.4, -0.2) is 41.7 Å². The summed E-state index contributed by atoms with van der Waals surface area (Å²) in [7, 11) is 0. The Hall–Kier alpha value is -0.710. The number of halogens is 1. The van der Waals surface area contributed by atoms with E-state index < -0.39 is 0 Å². The van der Waals surface area contributed by atoms with Crippen LogP contribution in [0.2, 0.25) is 5.02 Å². The third-order valence-corrected chi connectivity index (χ3v) is 5.60. The van der Waals surface area contributed by atoms with Gasteiger partial charge in [-0.1, -0.05) is 30.7 Å². The maximum absolute atomic E-state index is 12.3. The molecule has 3 nitrogen and oxygen atoms in total. The summed E-state index contributed by atoms with van der Waals surface area (Å²) in [6.45, 7) is 7.49. The molecule has 0 saturated carbocycles. The van der Waals surface area contributed by atoms with Gasteiger partial charge in [0.2, 0.25) is 5.91 Å². The summed E-state index contributed by atoms with van der Waals surface area (Å²) in [6, 6.07) is 7.98. The van der Waals surface area contributed by atoms with Gasteiger partial charge in [0, 0.05) is 24.0 Å². The molecule has 0 bridgehead atoms. The molecule has 1 fully saturated rings. The zero-order valence-corrected chi connectivity index (χ0v) is 14.9. The SMILES string of the molecule is CCCN1CCC(NC(=O)C(C)Sc2ccccc2Cl)CC1. The van der Waals surface area contributed by atoms with Crippen LogP contribution in [0.15, 0.2) is 29.2 Å². The van der Waals surface area contributed by atoms with E-state index in [1.54, 1.807) is 0 Å². The zero-order valence-electron chi connectivity index (χ0n) is 13.3. The highest BCUT2D eigenvalue weighted by Crippen LogP contribution is 2.30. The third-order valence-electron chi connectivity index (χ3n) is 3.98. The van der Waals surface area contributed by atoms with Crippen LogP contribution in [0.1, 0.15) is 33.1 Å². The highest BCUT2D eigenvalue weighted by molar-refractivity contribution is 8.00. The van der Waals surface area contributed by atoms with Crippen LogP contribution in [-0.2, 0) is 4.79 Å². The van der Waals surface area contributed by atoms with E-state index in [9.17, 15) is 4.79 Å². The van der Waals surface area contributed by atoms with Gasteiger partial charge in [-0.3, -0.25) is 4.79 Å². The summed E-state index contributed by atoms with van der Waals surface area (Å²) < 4.78 is 0. The van der Waals surface area contributed by atoms with Crippen molar-refractivity contribution >= 4 is 29.3 Å². The molecular formula is C17H25ClN2OS. The predicted octanol–water partition coefficient (Wildman–Crippen LogP) is 3.81. The lowest BCUT2D eigenvalue weighted by atomic mass is 10.0. The van der Waals surface area contributed by atoms with Gasteiger partial charge in [-0.15, -0.1) is 11.8 Å². The number of nitrogens with one attached hydrogen (secondary N) is 1. The first-order valence-corrected chi connectivity index (χ1v) is 9.29. The lowest BCUT2D eigenvalue weighted by Crippen LogP contribution is -2.46. The summed E-state index contributed by atoms with van der Waals surface area (Å²) >= 11 is 7.67. The molecule has 5 heteroatoms. The van der Waals surface area contributed by atoms with Crippen LogP contribution < -0.4 is 5.32 Å². The standard InChI is InChI=1S/C17H25ClN2OS/c1-3-10-20-11-8-14(9-12-20)19-17(21)13(2)22-16-7-5-4-6-15(16)18/h4-7,13-14H,3,8-12H2,1-2H3,(H,19,21). The van der Waals surface area contributed by atoms with E-state index in [1.165, 1.54) is 24.7 Å². The number of benzene rings is 1. The van der Waals surface area contributed by atoms with Crippen LogP contribution in [0.3, 0.4) is 0 Å². The van der Waals surface area contributed by atoms with Gasteiger partial charge in [-0.2, -0.15) is 0 Å². The summed E-state index contributed by atoms with van der Waals surface area (Å²) in [5.74, 6) is 0.110. The molecule has 1 heterocycles. The lowest BCUT2D eigenvalue weighted by molar-refractivity contribution is -0.121. The molecule has 1 atom stereocenters. The first-order chi connectivity index (χ1) is 10.6. The highest BCUT2D eigenvalue weighted by Gasteiger charge is 2.23. The maximum Gasteiger partial charge on any atom is 0.233 e. The van der Waals surface area contributed by atoms with Crippen molar-refractivity contribution in [2.75, 3.05) is 19.6 Å². The quantitative estimate of drug-likeness (QED) is 0.799. The zero-order chi connectivity index (χ0) is 15.9. The average Bonchev–Trinajstić information content (AvgIpc) is 2.51. The third kappa shape index (κ3) is 5.18. The van der Waals surface area contributed by atoms with Crippen LogP contribution in [0.25, 0.3) is 0 Å².